The molecule has 0 aliphatic heterocycles. The molecule has 2 nitrogen and oxygen atoms in total. The summed E-state index contributed by atoms with van der Waals surface area (Å²) in [5, 5.41) is 5.34. The fraction of sp³-hybridized carbons (Fsp3) is 0.353. The molecule has 1 aliphatic rings. The molecule has 0 spiro atoms. The Bertz CT molecular complexity index is 652. The number of rotatable bonds is 2. The highest BCUT2D eigenvalue weighted by atomic mass is 79.9. The maximum atomic E-state index is 12.4. The molecule has 20 heavy (non-hydrogen) atoms. The second-order valence-corrected chi connectivity index (χ2v) is 6.50. The molecule has 2 aromatic carbocycles. The Morgan fingerprint density at radius 1 is 1.15 bits per heavy atom. The van der Waals surface area contributed by atoms with Crippen molar-refractivity contribution in [3.05, 3.63) is 40.9 Å². The van der Waals surface area contributed by atoms with Gasteiger partial charge in [0.2, 0.25) is 5.91 Å². The van der Waals surface area contributed by atoms with Gasteiger partial charge in [-0.05, 0) is 36.3 Å². The van der Waals surface area contributed by atoms with Crippen molar-refractivity contribution in [1.29, 1.82) is 0 Å². The van der Waals surface area contributed by atoms with Gasteiger partial charge in [0.1, 0.15) is 0 Å². The van der Waals surface area contributed by atoms with E-state index in [9.17, 15) is 4.79 Å². The molecule has 2 unspecified atom stereocenters. The van der Waals surface area contributed by atoms with Crippen LogP contribution in [0.1, 0.15) is 26.2 Å². The number of fused-ring (bicyclic) bond motifs is 1. The molecule has 1 saturated carbocycles. The fourth-order valence-electron chi connectivity index (χ4n) is 3.13. The standard InChI is InChI=1S/C17H18BrNO/c1-11-5-4-8-12(11)17(20)19-16-10-9-15(18)13-6-2-3-7-14(13)16/h2-3,6-7,9-12H,4-5,8H2,1H3,(H,19,20). The largest absolute Gasteiger partial charge is 0.325 e. The molecule has 1 aliphatic carbocycles. The van der Waals surface area contributed by atoms with Gasteiger partial charge in [0.05, 0.1) is 0 Å². The van der Waals surface area contributed by atoms with Gasteiger partial charge < -0.3 is 5.32 Å². The first-order valence-electron chi connectivity index (χ1n) is 7.15. The Balaban J connectivity index is 1.91. The number of carbonyl (C=O) groups is 1. The predicted molar refractivity (Wildman–Crippen MR) is 86.8 cm³/mol. The third-order valence-electron chi connectivity index (χ3n) is 4.33. The van der Waals surface area contributed by atoms with Crippen LogP contribution in [0, 0.1) is 11.8 Å². The summed E-state index contributed by atoms with van der Waals surface area (Å²) < 4.78 is 1.06. The van der Waals surface area contributed by atoms with Crippen molar-refractivity contribution in [2.75, 3.05) is 5.32 Å². The van der Waals surface area contributed by atoms with E-state index in [0.717, 1.165) is 27.4 Å². The van der Waals surface area contributed by atoms with Crippen molar-refractivity contribution >= 4 is 38.3 Å². The molecule has 1 amide bonds. The summed E-state index contributed by atoms with van der Waals surface area (Å²) in [5.41, 5.74) is 0.910. The lowest BCUT2D eigenvalue weighted by Crippen LogP contribution is -2.24. The number of amides is 1. The summed E-state index contributed by atoms with van der Waals surface area (Å²) in [6.45, 7) is 2.18. The van der Waals surface area contributed by atoms with E-state index in [0.29, 0.717) is 5.92 Å². The Kier molecular flexibility index (Phi) is 3.79. The molecule has 2 atom stereocenters. The maximum absolute atomic E-state index is 12.4. The lowest BCUT2D eigenvalue weighted by molar-refractivity contribution is -0.120. The number of benzene rings is 2. The first-order chi connectivity index (χ1) is 9.66. The van der Waals surface area contributed by atoms with Crippen LogP contribution < -0.4 is 5.32 Å². The molecular weight excluding hydrogens is 314 g/mol. The van der Waals surface area contributed by atoms with E-state index in [1.165, 1.54) is 12.8 Å². The second kappa shape index (κ2) is 5.57. The first-order valence-corrected chi connectivity index (χ1v) is 7.94. The monoisotopic (exact) mass is 331 g/mol. The third-order valence-corrected chi connectivity index (χ3v) is 5.02. The van der Waals surface area contributed by atoms with E-state index in [2.05, 4.69) is 34.2 Å². The van der Waals surface area contributed by atoms with Crippen LogP contribution in [0.2, 0.25) is 0 Å². The van der Waals surface area contributed by atoms with Gasteiger partial charge >= 0.3 is 0 Å². The van der Waals surface area contributed by atoms with Crippen LogP contribution in [0.3, 0.4) is 0 Å². The summed E-state index contributed by atoms with van der Waals surface area (Å²) in [6.07, 6.45) is 3.35. The molecular formula is C17H18BrNO. The van der Waals surface area contributed by atoms with Crippen molar-refractivity contribution in [3.8, 4) is 0 Å². The van der Waals surface area contributed by atoms with E-state index < -0.39 is 0 Å². The zero-order chi connectivity index (χ0) is 14.1. The first kappa shape index (κ1) is 13.6. The smallest absolute Gasteiger partial charge is 0.227 e. The summed E-state index contributed by atoms with van der Waals surface area (Å²) in [6, 6.07) is 12.1. The number of hydrogen-bond donors (Lipinski definition) is 1. The minimum Gasteiger partial charge on any atom is -0.325 e. The van der Waals surface area contributed by atoms with E-state index >= 15 is 0 Å². The van der Waals surface area contributed by atoms with Gasteiger partial charge in [-0.25, -0.2) is 0 Å². The Morgan fingerprint density at radius 3 is 2.60 bits per heavy atom. The Labute approximate surface area is 127 Å². The van der Waals surface area contributed by atoms with Gasteiger partial charge in [-0.15, -0.1) is 0 Å². The van der Waals surface area contributed by atoms with Crippen molar-refractivity contribution in [2.24, 2.45) is 11.8 Å². The number of anilines is 1. The van der Waals surface area contributed by atoms with Crippen molar-refractivity contribution in [2.45, 2.75) is 26.2 Å². The average Bonchev–Trinajstić information content (AvgIpc) is 2.88. The van der Waals surface area contributed by atoms with Crippen molar-refractivity contribution < 1.29 is 4.79 Å². The summed E-state index contributed by atoms with van der Waals surface area (Å²) in [5.74, 6) is 0.830. The number of halogens is 1. The van der Waals surface area contributed by atoms with E-state index in [1.54, 1.807) is 0 Å². The number of nitrogens with one attached hydrogen (secondary N) is 1. The van der Waals surface area contributed by atoms with Gasteiger partial charge in [-0.3, -0.25) is 4.79 Å². The van der Waals surface area contributed by atoms with Gasteiger partial charge in [0.25, 0.3) is 0 Å². The fourth-order valence-corrected chi connectivity index (χ4v) is 3.61. The van der Waals surface area contributed by atoms with Crippen LogP contribution in [0.4, 0.5) is 5.69 Å². The normalized spacial score (nSPS) is 22.1. The molecule has 0 radical (unpaired) electrons. The van der Waals surface area contributed by atoms with Crippen LogP contribution in [-0.2, 0) is 4.79 Å². The van der Waals surface area contributed by atoms with Crippen LogP contribution >= 0.6 is 15.9 Å². The quantitative estimate of drug-likeness (QED) is 0.826. The lowest BCUT2D eigenvalue weighted by Gasteiger charge is -2.16. The van der Waals surface area contributed by atoms with Crippen LogP contribution in [0.15, 0.2) is 40.9 Å². The molecule has 1 fully saturated rings. The van der Waals surface area contributed by atoms with Crippen molar-refractivity contribution in [3.63, 3.8) is 0 Å². The molecule has 3 heteroatoms. The predicted octanol–water partition coefficient (Wildman–Crippen LogP) is 4.98. The zero-order valence-corrected chi connectivity index (χ0v) is 13.1. The molecule has 0 saturated heterocycles. The highest BCUT2D eigenvalue weighted by molar-refractivity contribution is 9.10. The third kappa shape index (κ3) is 2.47. The van der Waals surface area contributed by atoms with Crippen LogP contribution in [0.25, 0.3) is 10.8 Å². The van der Waals surface area contributed by atoms with Gasteiger partial charge in [-0.1, -0.05) is 53.5 Å². The minimum atomic E-state index is 0.164. The molecule has 3 rings (SSSR count). The van der Waals surface area contributed by atoms with Gasteiger partial charge in [0.15, 0.2) is 0 Å². The Morgan fingerprint density at radius 2 is 1.90 bits per heavy atom. The topological polar surface area (TPSA) is 29.1 Å². The minimum absolute atomic E-state index is 0.164. The van der Waals surface area contributed by atoms with Gasteiger partial charge in [0, 0.05) is 21.5 Å². The molecule has 0 heterocycles. The highest BCUT2D eigenvalue weighted by Gasteiger charge is 2.29. The summed E-state index contributed by atoms with van der Waals surface area (Å²) in [4.78, 5) is 12.4. The average molecular weight is 332 g/mol. The lowest BCUT2D eigenvalue weighted by atomic mass is 9.97. The molecule has 104 valence electrons. The zero-order valence-electron chi connectivity index (χ0n) is 11.5. The molecule has 0 bridgehead atoms. The number of hydrogen-bond acceptors (Lipinski definition) is 1. The molecule has 0 aromatic heterocycles. The summed E-state index contributed by atoms with van der Waals surface area (Å²) >= 11 is 3.56. The summed E-state index contributed by atoms with van der Waals surface area (Å²) in [7, 11) is 0. The Hall–Kier alpha value is -1.35. The number of carbonyl (C=O) groups excluding carboxylic acids is 1. The second-order valence-electron chi connectivity index (χ2n) is 5.64. The highest BCUT2D eigenvalue weighted by Crippen LogP contribution is 2.34. The SMILES string of the molecule is CC1CCCC1C(=O)Nc1ccc(Br)c2ccccc12. The molecule has 2 aromatic rings. The molecule has 1 N–H and O–H groups in total. The van der Waals surface area contributed by atoms with Crippen molar-refractivity contribution in [1.82, 2.24) is 0 Å². The van der Waals surface area contributed by atoms with Crippen LogP contribution in [-0.4, -0.2) is 5.91 Å². The van der Waals surface area contributed by atoms with E-state index in [4.69, 9.17) is 0 Å². The van der Waals surface area contributed by atoms with Crippen LogP contribution in [0.5, 0.6) is 0 Å². The van der Waals surface area contributed by atoms with E-state index in [-0.39, 0.29) is 11.8 Å². The van der Waals surface area contributed by atoms with E-state index in [1.807, 2.05) is 30.3 Å². The maximum Gasteiger partial charge on any atom is 0.227 e. The van der Waals surface area contributed by atoms with Gasteiger partial charge in [-0.2, -0.15) is 0 Å².